The molecule has 4 nitrogen and oxygen atoms in total. The van der Waals surface area contributed by atoms with Gasteiger partial charge in [0.1, 0.15) is 0 Å². The van der Waals surface area contributed by atoms with Gasteiger partial charge < -0.3 is 10.6 Å². The second kappa shape index (κ2) is 6.23. The molecule has 0 bridgehead atoms. The maximum Gasteiger partial charge on any atom is 0.220 e. The summed E-state index contributed by atoms with van der Waals surface area (Å²) in [7, 11) is 0. The summed E-state index contributed by atoms with van der Waals surface area (Å²) >= 11 is 0. The molecule has 2 fully saturated rings. The summed E-state index contributed by atoms with van der Waals surface area (Å²) in [5.74, 6) is 0.803. The summed E-state index contributed by atoms with van der Waals surface area (Å²) < 4.78 is 0. The van der Waals surface area contributed by atoms with Gasteiger partial charge in [-0.25, -0.2) is 0 Å². The highest BCUT2D eigenvalue weighted by Gasteiger charge is 2.28. The molecule has 19 heavy (non-hydrogen) atoms. The zero-order valence-corrected chi connectivity index (χ0v) is 12.7. The van der Waals surface area contributed by atoms with Crippen LogP contribution in [0.5, 0.6) is 0 Å². The van der Waals surface area contributed by atoms with E-state index in [1.165, 1.54) is 0 Å². The molecule has 2 N–H and O–H groups in total. The molecule has 2 aliphatic heterocycles. The minimum Gasteiger partial charge on any atom is -0.353 e. The van der Waals surface area contributed by atoms with Gasteiger partial charge in [-0.2, -0.15) is 0 Å². The van der Waals surface area contributed by atoms with Crippen molar-refractivity contribution in [2.75, 3.05) is 26.2 Å². The highest BCUT2D eigenvalue weighted by atomic mass is 16.1. The highest BCUT2D eigenvalue weighted by molar-refractivity contribution is 5.76. The molecule has 4 heteroatoms. The number of piperidine rings is 1. The van der Waals surface area contributed by atoms with E-state index in [4.69, 9.17) is 0 Å². The third-order valence-electron chi connectivity index (χ3n) is 4.45. The van der Waals surface area contributed by atoms with Gasteiger partial charge in [-0.3, -0.25) is 9.69 Å². The first kappa shape index (κ1) is 14.8. The molecule has 1 unspecified atom stereocenters. The van der Waals surface area contributed by atoms with Crippen LogP contribution in [0.3, 0.4) is 0 Å². The van der Waals surface area contributed by atoms with Crippen LogP contribution in [-0.2, 0) is 4.79 Å². The van der Waals surface area contributed by atoms with Crippen LogP contribution >= 0.6 is 0 Å². The molecule has 110 valence electrons. The average molecular weight is 267 g/mol. The van der Waals surface area contributed by atoms with Gasteiger partial charge in [-0.15, -0.1) is 0 Å². The molecule has 2 saturated heterocycles. The molecule has 0 aliphatic carbocycles. The first-order valence-electron chi connectivity index (χ1n) is 7.70. The smallest absolute Gasteiger partial charge is 0.220 e. The summed E-state index contributed by atoms with van der Waals surface area (Å²) in [5.41, 5.74) is 0.254. The minimum atomic E-state index is 0.253. The fourth-order valence-corrected chi connectivity index (χ4v) is 3.13. The van der Waals surface area contributed by atoms with Crippen molar-refractivity contribution in [2.45, 2.75) is 58.0 Å². The monoisotopic (exact) mass is 267 g/mol. The predicted molar refractivity (Wildman–Crippen MR) is 78.1 cm³/mol. The van der Waals surface area contributed by atoms with Crippen LogP contribution in [0.25, 0.3) is 0 Å². The molecule has 0 aromatic heterocycles. The second-order valence-corrected chi connectivity index (χ2v) is 7.06. The number of hydrogen-bond acceptors (Lipinski definition) is 3. The Morgan fingerprint density at radius 1 is 1.26 bits per heavy atom. The lowest BCUT2D eigenvalue weighted by atomic mass is 9.97. The Morgan fingerprint density at radius 3 is 2.47 bits per heavy atom. The van der Waals surface area contributed by atoms with Gasteiger partial charge in [0, 0.05) is 31.1 Å². The van der Waals surface area contributed by atoms with Crippen LogP contribution in [0.1, 0.15) is 46.5 Å². The van der Waals surface area contributed by atoms with Crippen molar-refractivity contribution in [1.29, 1.82) is 0 Å². The van der Waals surface area contributed by atoms with E-state index in [9.17, 15) is 4.79 Å². The first-order chi connectivity index (χ1) is 8.95. The number of carbonyl (C=O) groups excluding carboxylic acids is 1. The van der Waals surface area contributed by atoms with Crippen LogP contribution in [-0.4, -0.2) is 48.6 Å². The Labute approximate surface area is 117 Å². The van der Waals surface area contributed by atoms with Crippen LogP contribution in [0, 0.1) is 5.92 Å². The van der Waals surface area contributed by atoms with Crippen LogP contribution in [0.15, 0.2) is 0 Å². The third-order valence-corrected chi connectivity index (χ3v) is 4.45. The average Bonchev–Trinajstić information content (AvgIpc) is 2.81. The van der Waals surface area contributed by atoms with E-state index in [2.05, 4.69) is 36.3 Å². The summed E-state index contributed by atoms with van der Waals surface area (Å²) in [4.78, 5) is 14.5. The Bertz CT molecular complexity index is 297. The number of carbonyl (C=O) groups is 1. The highest BCUT2D eigenvalue weighted by Crippen LogP contribution is 2.20. The molecule has 0 aromatic carbocycles. The number of rotatable bonds is 3. The summed E-state index contributed by atoms with van der Waals surface area (Å²) in [5, 5.41) is 6.54. The molecule has 1 amide bonds. The van der Waals surface area contributed by atoms with Gasteiger partial charge in [-0.1, -0.05) is 0 Å². The molecule has 0 spiro atoms. The molecule has 0 radical (unpaired) electrons. The van der Waals surface area contributed by atoms with Crippen molar-refractivity contribution in [3.63, 3.8) is 0 Å². The van der Waals surface area contributed by atoms with Crippen molar-refractivity contribution in [3.05, 3.63) is 0 Å². The predicted octanol–water partition coefficient (Wildman–Crippen LogP) is 1.37. The zero-order chi connectivity index (χ0) is 13.9. The lowest BCUT2D eigenvalue weighted by molar-refractivity contribution is -0.123. The van der Waals surface area contributed by atoms with E-state index in [0.29, 0.717) is 18.4 Å². The number of amides is 1. The SMILES string of the molecule is CC(C)(C)N1CCC(NC(=O)CC2CCNC2)CC1. The van der Waals surface area contributed by atoms with E-state index in [-0.39, 0.29) is 11.4 Å². The molecule has 2 heterocycles. The number of hydrogen-bond donors (Lipinski definition) is 2. The molecular weight excluding hydrogens is 238 g/mol. The van der Waals surface area contributed by atoms with Gasteiger partial charge in [0.05, 0.1) is 0 Å². The largest absolute Gasteiger partial charge is 0.353 e. The Balaban J connectivity index is 1.68. The molecular formula is C15H29N3O. The van der Waals surface area contributed by atoms with Gasteiger partial charge in [0.25, 0.3) is 0 Å². The Hall–Kier alpha value is -0.610. The van der Waals surface area contributed by atoms with Gasteiger partial charge in [0.15, 0.2) is 0 Å². The van der Waals surface area contributed by atoms with Gasteiger partial charge >= 0.3 is 0 Å². The topological polar surface area (TPSA) is 44.4 Å². The van der Waals surface area contributed by atoms with Crippen molar-refractivity contribution in [2.24, 2.45) is 5.92 Å². The summed E-state index contributed by atoms with van der Waals surface area (Å²) in [6, 6.07) is 0.389. The first-order valence-corrected chi connectivity index (χ1v) is 7.70. The van der Waals surface area contributed by atoms with Crippen molar-refractivity contribution < 1.29 is 4.79 Å². The fraction of sp³-hybridized carbons (Fsp3) is 0.933. The van der Waals surface area contributed by atoms with Crippen molar-refractivity contribution in [1.82, 2.24) is 15.5 Å². The maximum absolute atomic E-state index is 12.0. The van der Waals surface area contributed by atoms with Crippen molar-refractivity contribution >= 4 is 5.91 Å². The van der Waals surface area contributed by atoms with Crippen LogP contribution < -0.4 is 10.6 Å². The van der Waals surface area contributed by atoms with Crippen LogP contribution in [0.4, 0.5) is 0 Å². The molecule has 1 atom stereocenters. The molecule has 0 saturated carbocycles. The lowest BCUT2D eigenvalue weighted by Crippen LogP contribution is -2.51. The quantitative estimate of drug-likeness (QED) is 0.811. The third kappa shape index (κ3) is 4.46. The van der Waals surface area contributed by atoms with E-state index in [1.807, 2.05) is 0 Å². The van der Waals surface area contributed by atoms with E-state index in [0.717, 1.165) is 45.4 Å². The van der Waals surface area contributed by atoms with Crippen molar-refractivity contribution in [3.8, 4) is 0 Å². The van der Waals surface area contributed by atoms with E-state index < -0.39 is 0 Å². The molecule has 2 aliphatic rings. The minimum absolute atomic E-state index is 0.253. The molecule has 2 rings (SSSR count). The van der Waals surface area contributed by atoms with Gasteiger partial charge in [0.2, 0.25) is 5.91 Å². The standard InChI is InChI=1S/C15H29N3O/c1-15(2,3)18-8-5-13(6-9-18)17-14(19)10-12-4-7-16-11-12/h12-13,16H,4-11H2,1-3H3,(H,17,19). The maximum atomic E-state index is 12.0. The second-order valence-electron chi connectivity index (χ2n) is 7.06. The zero-order valence-electron chi connectivity index (χ0n) is 12.7. The lowest BCUT2D eigenvalue weighted by Gasteiger charge is -2.41. The van der Waals surface area contributed by atoms with Gasteiger partial charge in [-0.05, 0) is 59.0 Å². The van der Waals surface area contributed by atoms with Crippen LogP contribution in [0.2, 0.25) is 0 Å². The summed E-state index contributed by atoms with van der Waals surface area (Å²) in [6.07, 6.45) is 4.03. The number of nitrogens with zero attached hydrogens (tertiary/aromatic N) is 1. The Kier molecular flexibility index (Phi) is 4.85. The molecule has 0 aromatic rings. The Morgan fingerprint density at radius 2 is 1.95 bits per heavy atom. The normalized spacial score (nSPS) is 26.6. The fourth-order valence-electron chi connectivity index (χ4n) is 3.13. The van der Waals surface area contributed by atoms with E-state index >= 15 is 0 Å². The number of nitrogens with one attached hydrogen (secondary N) is 2. The van der Waals surface area contributed by atoms with E-state index in [1.54, 1.807) is 0 Å². The summed E-state index contributed by atoms with van der Waals surface area (Å²) in [6.45, 7) is 11.1. The number of likely N-dealkylation sites (tertiary alicyclic amines) is 1.